The van der Waals surface area contributed by atoms with Gasteiger partial charge in [0.15, 0.2) is 5.60 Å². The fourth-order valence-electron chi connectivity index (χ4n) is 1.95. The minimum absolute atomic E-state index is 0.335. The monoisotopic (exact) mass is 330 g/mol. The van der Waals surface area contributed by atoms with Crippen LogP contribution in [0.1, 0.15) is 24.8 Å². The summed E-state index contributed by atoms with van der Waals surface area (Å²) < 4.78 is 9.11. The molecule has 3 nitrogen and oxygen atoms in total. The molecule has 0 saturated heterocycles. The summed E-state index contributed by atoms with van der Waals surface area (Å²) >= 11 is 7.38. The molecule has 1 saturated carbocycles. The number of benzene rings is 1. The van der Waals surface area contributed by atoms with Gasteiger partial charge in [-0.05, 0) is 37.3 Å². The van der Waals surface area contributed by atoms with Crippen LogP contribution >= 0.6 is 23.5 Å². The van der Waals surface area contributed by atoms with Crippen LogP contribution in [-0.2, 0) is 0 Å². The highest BCUT2D eigenvalue weighted by Gasteiger charge is 2.38. The van der Waals surface area contributed by atoms with Crippen LogP contribution in [0, 0.1) is 23.7 Å². The van der Waals surface area contributed by atoms with Crippen LogP contribution in [0.4, 0.5) is 5.69 Å². The molecule has 1 N–H and O–H groups in total. The molecule has 1 aromatic rings. The number of terminal acetylenes is 1. The van der Waals surface area contributed by atoms with Crippen LogP contribution in [-0.4, -0.2) is 5.60 Å². The third kappa shape index (κ3) is 3.42. The highest BCUT2D eigenvalue weighted by Crippen LogP contribution is 2.41. The second kappa shape index (κ2) is 6.83. The molecular formula is C17H15ClN2OS. The van der Waals surface area contributed by atoms with Crippen molar-refractivity contribution in [1.82, 2.24) is 0 Å². The number of rotatable bonds is 6. The average molecular weight is 331 g/mol. The maximum absolute atomic E-state index is 9.12. The van der Waals surface area contributed by atoms with Gasteiger partial charge in [-0.2, -0.15) is 5.26 Å². The molecule has 0 unspecified atom stereocenters. The molecule has 112 valence electrons. The summed E-state index contributed by atoms with van der Waals surface area (Å²) in [6, 6.07) is 5.31. The highest BCUT2D eigenvalue weighted by atomic mass is 35.5. The Balaban J connectivity index is 2.32. The standard InChI is InChI=1S/C17H15ClN2OS/c1-4-12(3)22-20-15-9-13(11-19)14(18)10-16(15)21-17(5-2)7-6-8-17/h2,4,9-10,20H,1,3,6-8H2. The number of anilines is 1. The van der Waals surface area contributed by atoms with Gasteiger partial charge in [0.25, 0.3) is 0 Å². The predicted octanol–water partition coefficient (Wildman–Crippen LogP) is 4.91. The third-order valence-corrected chi connectivity index (χ3v) is 4.50. The smallest absolute Gasteiger partial charge is 0.169 e. The normalized spacial score (nSPS) is 14.9. The van der Waals surface area contributed by atoms with Crippen LogP contribution in [0.25, 0.3) is 0 Å². The van der Waals surface area contributed by atoms with E-state index in [-0.39, 0.29) is 0 Å². The van der Waals surface area contributed by atoms with Crippen LogP contribution in [0.5, 0.6) is 5.75 Å². The van der Waals surface area contributed by atoms with E-state index in [0.717, 1.165) is 24.2 Å². The number of hydrogen-bond acceptors (Lipinski definition) is 4. The number of hydrogen-bond donors (Lipinski definition) is 1. The molecule has 1 aliphatic rings. The molecule has 2 rings (SSSR count). The van der Waals surface area contributed by atoms with Crippen molar-refractivity contribution in [1.29, 1.82) is 5.26 Å². The Kier molecular flexibility index (Phi) is 5.08. The van der Waals surface area contributed by atoms with Crippen molar-refractivity contribution in [2.24, 2.45) is 0 Å². The summed E-state index contributed by atoms with van der Waals surface area (Å²) in [6.45, 7) is 7.46. The SMILES string of the molecule is C#CC1(Oc2cc(Cl)c(C#N)cc2NSC(=C)C=C)CCC1. The Bertz CT molecular complexity index is 696. The summed E-state index contributed by atoms with van der Waals surface area (Å²) in [6.07, 6.45) is 9.89. The van der Waals surface area contributed by atoms with E-state index >= 15 is 0 Å². The molecule has 0 spiro atoms. The van der Waals surface area contributed by atoms with Crippen LogP contribution < -0.4 is 9.46 Å². The first-order valence-electron chi connectivity index (χ1n) is 6.68. The largest absolute Gasteiger partial charge is 0.472 e. The number of ether oxygens (including phenoxy) is 1. The van der Waals surface area contributed by atoms with Gasteiger partial charge in [0.05, 0.1) is 16.3 Å². The van der Waals surface area contributed by atoms with Gasteiger partial charge in [0, 0.05) is 11.0 Å². The van der Waals surface area contributed by atoms with Gasteiger partial charge in [0.2, 0.25) is 0 Å². The molecule has 0 heterocycles. The Morgan fingerprint density at radius 1 is 1.55 bits per heavy atom. The molecule has 5 heteroatoms. The van der Waals surface area contributed by atoms with E-state index < -0.39 is 5.60 Å². The number of allylic oxidation sites excluding steroid dienone is 1. The average Bonchev–Trinajstić information content (AvgIpc) is 2.49. The molecule has 0 radical (unpaired) electrons. The number of nitrogens with one attached hydrogen (secondary N) is 1. The lowest BCUT2D eigenvalue weighted by Crippen LogP contribution is -2.41. The Morgan fingerprint density at radius 3 is 2.77 bits per heavy atom. The number of nitrogens with zero attached hydrogens (tertiary/aromatic N) is 1. The summed E-state index contributed by atoms with van der Waals surface area (Å²) in [5, 5.41) is 9.45. The minimum Gasteiger partial charge on any atom is -0.472 e. The Hall–Kier alpha value is -2.01. The molecule has 1 fully saturated rings. The zero-order chi connectivity index (χ0) is 16.2. The summed E-state index contributed by atoms with van der Waals surface area (Å²) in [7, 11) is 0. The van der Waals surface area contributed by atoms with Crippen molar-refractivity contribution in [2.75, 3.05) is 4.72 Å². The van der Waals surface area contributed by atoms with Gasteiger partial charge in [-0.3, -0.25) is 0 Å². The van der Waals surface area contributed by atoms with E-state index in [1.54, 1.807) is 18.2 Å². The first kappa shape index (κ1) is 16.4. The summed E-state index contributed by atoms with van der Waals surface area (Å²) in [5.41, 5.74) is 0.425. The van der Waals surface area contributed by atoms with Crippen molar-refractivity contribution >= 4 is 29.2 Å². The molecule has 0 aromatic heterocycles. The molecule has 0 atom stereocenters. The third-order valence-electron chi connectivity index (χ3n) is 3.44. The molecular weight excluding hydrogens is 316 g/mol. The van der Waals surface area contributed by atoms with E-state index in [1.807, 2.05) is 6.07 Å². The van der Waals surface area contributed by atoms with Crippen LogP contribution in [0.3, 0.4) is 0 Å². The van der Waals surface area contributed by atoms with Gasteiger partial charge in [-0.1, -0.05) is 36.8 Å². The van der Waals surface area contributed by atoms with E-state index in [0.29, 0.717) is 22.0 Å². The lowest BCUT2D eigenvalue weighted by Gasteiger charge is -2.37. The maximum atomic E-state index is 9.12. The van der Waals surface area contributed by atoms with Crippen molar-refractivity contribution in [3.63, 3.8) is 0 Å². The lowest BCUT2D eigenvalue weighted by molar-refractivity contribution is 0.0509. The topological polar surface area (TPSA) is 45.0 Å². The molecule has 0 bridgehead atoms. The second-order valence-electron chi connectivity index (χ2n) is 4.91. The fourth-order valence-corrected chi connectivity index (χ4v) is 2.63. The lowest BCUT2D eigenvalue weighted by atomic mass is 9.81. The van der Waals surface area contributed by atoms with Gasteiger partial charge in [0.1, 0.15) is 11.8 Å². The van der Waals surface area contributed by atoms with E-state index in [2.05, 4.69) is 23.8 Å². The predicted molar refractivity (Wildman–Crippen MR) is 92.8 cm³/mol. The molecule has 1 aliphatic carbocycles. The van der Waals surface area contributed by atoms with E-state index in [4.69, 9.17) is 28.0 Å². The minimum atomic E-state index is -0.575. The van der Waals surface area contributed by atoms with Crippen molar-refractivity contribution in [3.05, 3.63) is 46.9 Å². The Labute approximate surface area is 140 Å². The van der Waals surface area contributed by atoms with Crippen molar-refractivity contribution in [2.45, 2.75) is 24.9 Å². The number of halogens is 1. The van der Waals surface area contributed by atoms with Gasteiger partial charge < -0.3 is 9.46 Å². The molecule has 1 aromatic carbocycles. The summed E-state index contributed by atoms with van der Waals surface area (Å²) in [4.78, 5) is 0.745. The second-order valence-corrected chi connectivity index (χ2v) is 6.25. The maximum Gasteiger partial charge on any atom is 0.169 e. The van der Waals surface area contributed by atoms with E-state index in [9.17, 15) is 0 Å². The van der Waals surface area contributed by atoms with Gasteiger partial charge >= 0.3 is 0 Å². The molecule has 0 aliphatic heterocycles. The van der Waals surface area contributed by atoms with Gasteiger partial charge in [-0.25, -0.2) is 0 Å². The van der Waals surface area contributed by atoms with E-state index in [1.165, 1.54) is 11.9 Å². The summed E-state index contributed by atoms with van der Waals surface area (Å²) in [5.74, 6) is 3.25. The Morgan fingerprint density at radius 2 is 2.27 bits per heavy atom. The zero-order valence-corrected chi connectivity index (χ0v) is 13.6. The highest BCUT2D eigenvalue weighted by molar-refractivity contribution is 8.04. The van der Waals surface area contributed by atoms with Gasteiger partial charge in [-0.15, -0.1) is 6.42 Å². The quantitative estimate of drug-likeness (QED) is 0.457. The van der Waals surface area contributed by atoms with Crippen molar-refractivity contribution in [3.8, 4) is 24.2 Å². The zero-order valence-electron chi connectivity index (χ0n) is 12.0. The molecule has 0 amide bonds. The fraction of sp³-hybridized carbons (Fsp3) is 0.235. The first-order chi connectivity index (χ1) is 10.5. The van der Waals surface area contributed by atoms with Crippen molar-refractivity contribution < 1.29 is 4.74 Å². The molecule has 22 heavy (non-hydrogen) atoms. The van der Waals surface area contributed by atoms with Crippen LogP contribution in [0.2, 0.25) is 5.02 Å². The first-order valence-corrected chi connectivity index (χ1v) is 7.87. The van der Waals surface area contributed by atoms with Crippen LogP contribution in [0.15, 0.2) is 36.3 Å². The number of nitriles is 1.